The van der Waals surface area contributed by atoms with Crippen molar-refractivity contribution in [3.8, 4) is 0 Å². The van der Waals surface area contributed by atoms with E-state index in [9.17, 15) is 9.59 Å². The fourth-order valence-corrected chi connectivity index (χ4v) is 5.01. The van der Waals surface area contributed by atoms with Crippen LogP contribution < -0.4 is 5.32 Å². The van der Waals surface area contributed by atoms with Crippen molar-refractivity contribution in [1.82, 2.24) is 9.88 Å². The number of amides is 2. The number of hydrogen-bond acceptors (Lipinski definition) is 3. The van der Waals surface area contributed by atoms with E-state index < -0.39 is 0 Å². The molecule has 0 unspecified atom stereocenters. The minimum absolute atomic E-state index is 0.0550. The van der Waals surface area contributed by atoms with Crippen molar-refractivity contribution in [2.24, 2.45) is 0 Å². The van der Waals surface area contributed by atoms with Gasteiger partial charge in [-0.2, -0.15) is 0 Å². The Bertz CT molecular complexity index is 1200. The number of nitrogens with one attached hydrogen (secondary N) is 1. The Morgan fingerprint density at radius 3 is 2.68 bits per heavy atom. The highest BCUT2D eigenvalue weighted by Gasteiger charge is 2.38. The number of pyridine rings is 1. The molecule has 3 aromatic rings. The van der Waals surface area contributed by atoms with Crippen molar-refractivity contribution < 1.29 is 9.59 Å². The minimum atomic E-state index is -0.237. The molecule has 0 bridgehead atoms. The van der Waals surface area contributed by atoms with E-state index in [-0.39, 0.29) is 17.9 Å². The normalized spacial score (nSPS) is 16.6. The Morgan fingerprint density at radius 2 is 1.87 bits per heavy atom. The van der Waals surface area contributed by atoms with E-state index in [4.69, 9.17) is 11.6 Å². The second kappa shape index (κ2) is 7.97. The molecule has 0 saturated heterocycles. The molecule has 31 heavy (non-hydrogen) atoms. The number of carbonyl (C=O) groups is 2. The van der Waals surface area contributed by atoms with Gasteiger partial charge in [-0.1, -0.05) is 55.1 Å². The molecule has 1 N–H and O–H groups in total. The molecule has 0 atom stereocenters. The molecular formula is C25H24ClN3O2. The van der Waals surface area contributed by atoms with Crippen LogP contribution in [0.3, 0.4) is 0 Å². The smallest absolute Gasteiger partial charge is 0.273 e. The van der Waals surface area contributed by atoms with Gasteiger partial charge in [0.2, 0.25) is 0 Å². The van der Waals surface area contributed by atoms with Crippen molar-refractivity contribution in [3.63, 3.8) is 0 Å². The topological polar surface area (TPSA) is 62.3 Å². The van der Waals surface area contributed by atoms with Crippen molar-refractivity contribution in [2.75, 3.05) is 5.32 Å². The lowest BCUT2D eigenvalue weighted by Gasteiger charge is -2.30. The third kappa shape index (κ3) is 3.47. The van der Waals surface area contributed by atoms with E-state index in [2.05, 4.69) is 10.3 Å². The molecule has 1 aliphatic carbocycles. The maximum Gasteiger partial charge on any atom is 0.273 e. The zero-order valence-corrected chi connectivity index (χ0v) is 18.2. The van der Waals surface area contributed by atoms with Gasteiger partial charge in [-0.15, -0.1) is 0 Å². The lowest BCUT2D eigenvalue weighted by molar-refractivity contribution is 0.0655. The molecule has 2 aliphatic rings. The number of para-hydroxylation sites is 1. The third-order valence-corrected chi connectivity index (χ3v) is 6.95. The number of fused-ring (bicyclic) bond motifs is 2. The third-order valence-electron chi connectivity index (χ3n) is 6.54. The number of benzene rings is 2. The van der Waals surface area contributed by atoms with Crippen LogP contribution in [0.5, 0.6) is 0 Å². The maximum absolute atomic E-state index is 13.5. The molecule has 0 spiro atoms. The van der Waals surface area contributed by atoms with Crippen LogP contribution in [-0.4, -0.2) is 27.7 Å². The quantitative estimate of drug-likeness (QED) is 0.573. The molecule has 2 aromatic carbocycles. The first-order valence-electron chi connectivity index (χ1n) is 10.8. The molecule has 1 fully saturated rings. The van der Waals surface area contributed by atoms with E-state index >= 15 is 0 Å². The zero-order valence-electron chi connectivity index (χ0n) is 17.5. The molecule has 2 amide bonds. The monoisotopic (exact) mass is 433 g/mol. The Labute approximate surface area is 186 Å². The van der Waals surface area contributed by atoms with Crippen LogP contribution in [0.2, 0.25) is 5.02 Å². The summed E-state index contributed by atoms with van der Waals surface area (Å²) in [5.41, 5.74) is 3.82. The SMILES string of the molecule is Cc1c(Cl)cccc1NC(=O)c1c2c(nc3ccccc13)C(=O)N(C1CCCCC1)C2. The summed E-state index contributed by atoms with van der Waals surface area (Å²) >= 11 is 6.24. The number of aromatic nitrogens is 1. The van der Waals surface area contributed by atoms with Gasteiger partial charge in [-0.05, 0) is 43.5 Å². The van der Waals surface area contributed by atoms with Gasteiger partial charge in [-0.25, -0.2) is 4.98 Å². The van der Waals surface area contributed by atoms with E-state index in [1.165, 1.54) is 6.42 Å². The second-order valence-electron chi connectivity index (χ2n) is 8.42. The largest absolute Gasteiger partial charge is 0.330 e. The molecule has 0 radical (unpaired) electrons. The van der Waals surface area contributed by atoms with Crippen LogP contribution in [-0.2, 0) is 6.54 Å². The Balaban J connectivity index is 1.59. The van der Waals surface area contributed by atoms with Gasteiger partial charge in [0.05, 0.1) is 11.1 Å². The van der Waals surface area contributed by atoms with Gasteiger partial charge in [-0.3, -0.25) is 9.59 Å². The highest BCUT2D eigenvalue weighted by molar-refractivity contribution is 6.32. The molecule has 5 rings (SSSR count). The summed E-state index contributed by atoms with van der Waals surface area (Å²) in [5.74, 6) is -0.292. The summed E-state index contributed by atoms with van der Waals surface area (Å²) in [7, 11) is 0. The molecule has 1 saturated carbocycles. The summed E-state index contributed by atoms with van der Waals surface area (Å²) in [6.45, 7) is 2.31. The Hall–Kier alpha value is -2.92. The fraction of sp³-hybridized carbons (Fsp3) is 0.320. The van der Waals surface area contributed by atoms with Crippen molar-refractivity contribution >= 4 is 40.0 Å². The fourth-order valence-electron chi connectivity index (χ4n) is 4.84. The van der Waals surface area contributed by atoms with Gasteiger partial charge in [0.1, 0.15) is 5.69 Å². The lowest BCUT2D eigenvalue weighted by atomic mass is 9.94. The predicted molar refractivity (Wildman–Crippen MR) is 123 cm³/mol. The number of hydrogen-bond donors (Lipinski definition) is 1. The first-order chi connectivity index (χ1) is 15.0. The van der Waals surface area contributed by atoms with Gasteiger partial charge in [0.15, 0.2) is 0 Å². The molecule has 158 valence electrons. The van der Waals surface area contributed by atoms with E-state index in [1.807, 2.05) is 48.2 Å². The molecule has 1 aromatic heterocycles. The predicted octanol–water partition coefficient (Wildman–Crippen LogP) is 5.74. The van der Waals surface area contributed by atoms with Crippen molar-refractivity contribution in [3.05, 3.63) is 69.9 Å². The molecule has 2 heterocycles. The van der Waals surface area contributed by atoms with Crippen LogP contribution in [0.25, 0.3) is 10.9 Å². The van der Waals surface area contributed by atoms with E-state index in [1.54, 1.807) is 6.07 Å². The van der Waals surface area contributed by atoms with E-state index in [0.29, 0.717) is 34.0 Å². The number of anilines is 1. The molecule has 1 aliphatic heterocycles. The number of nitrogens with zero attached hydrogens (tertiary/aromatic N) is 2. The van der Waals surface area contributed by atoms with Crippen LogP contribution in [0.15, 0.2) is 42.5 Å². The van der Waals surface area contributed by atoms with Gasteiger partial charge in [0, 0.05) is 34.2 Å². The van der Waals surface area contributed by atoms with Gasteiger partial charge >= 0.3 is 0 Å². The van der Waals surface area contributed by atoms with Crippen LogP contribution in [0.4, 0.5) is 5.69 Å². The lowest BCUT2D eigenvalue weighted by Crippen LogP contribution is -2.37. The molecular weight excluding hydrogens is 410 g/mol. The van der Waals surface area contributed by atoms with Crippen LogP contribution in [0, 0.1) is 6.92 Å². The van der Waals surface area contributed by atoms with Crippen LogP contribution in [0.1, 0.15) is 64.1 Å². The van der Waals surface area contributed by atoms with E-state index in [0.717, 1.165) is 42.2 Å². The van der Waals surface area contributed by atoms with Crippen LogP contribution >= 0.6 is 11.6 Å². The average molecular weight is 434 g/mol. The highest BCUT2D eigenvalue weighted by atomic mass is 35.5. The minimum Gasteiger partial charge on any atom is -0.330 e. The summed E-state index contributed by atoms with van der Waals surface area (Å²) < 4.78 is 0. The van der Waals surface area contributed by atoms with Crippen molar-refractivity contribution in [1.29, 1.82) is 0 Å². The average Bonchev–Trinajstić information content (AvgIpc) is 3.11. The van der Waals surface area contributed by atoms with Gasteiger partial charge in [0.25, 0.3) is 11.8 Å². The zero-order chi connectivity index (χ0) is 21.5. The molecule has 6 heteroatoms. The first-order valence-corrected chi connectivity index (χ1v) is 11.2. The summed E-state index contributed by atoms with van der Waals surface area (Å²) in [5, 5.41) is 4.38. The maximum atomic E-state index is 13.5. The number of halogens is 1. The molecule has 5 nitrogen and oxygen atoms in total. The number of carbonyl (C=O) groups excluding carboxylic acids is 2. The Kier molecular flexibility index (Phi) is 5.14. The summed E-state index contributed by atoms with van der Waals surface area (Å²) in [4.78, 5) is 33.4. The standard InChI is InChI=1S/C25H24ClN3O2/c1-15-19(26)11-7-13-20(15)28-24(30)22-17-10-5-6-12-21(17)27-23-18(22)14-29(25(23)31)16-8-3-2-4-9-16/h5-7,10-13,16H,2-4,8-9,14H2,1H3,(H,28,30). The second-order valence-corrected chi connectivity index (χ2v) is 8.83. The Morgan fingerprint density at radius 1 is 1.10 bits per heavy atom. The summed E-state index contributed by atoms with van der Waals surface area (Å²) in [6, 6.07) is 13.2. The number of rotatable bonds is 3. The highest BCUT2D eigenvalue weighted by Crippen LogP contribution is 2.35. The van der Waals surface area contributed by atoms with Gasteiger partial charge < -0.3 is 10.2 Å². The van der Waals surface area contributed by atoms with Crippen molar-refractivity contribution in [2.45, 2.75) is 51.6 Å². The summed E-state index contributed by atoms with van der Waals surface area (Å²) in [6.07, 6.45) is 5.54. The first kappa shape index (κ1) is 20.0.